The van der Waals surface area contributed by atoms with E-state index in [9.17, 15) is 19.2 Å². The molecule has 10 heteroatoms. The molecular weight excluding hydrogens is 560 g/mol. The topological polar surface area (TPSA) is 148 Å². The van der Waals surface area contributed by atoms with Gasteiger partial charge in [0.25, 0.3) is 5.91 Å². The molecule has 0 saturated heterocycles. The number of ether oxygens (including phenoxy) is 1. The first kappa shape index (κ1) is 35.6. The van der Waals surface area contributed by atoms with Gasteiger partial charge in [0, 0.05) is 36.5 Å². The van der Waals surface area contributed by atoms with Gasteiger partial charge >= 0.3 is 11.9 Å². The molecule has 2 aromatic carbocycles. The molecule has 0 fully saturated rings. The average Bonchev–Trinajstić information content (AvgIpc) is 2.97. The third-order valence-electron chi connectivity index (χ3n) is 6.23. The van der Waals surface area contributed by atoms with E-state index < -0.39 is 35.4 Å². The number of benzene rings is 2. The van der Waals surface area contributed by atoms with E-state index in [1.807, 2.05) is 26.0 Å². The van der Waals surface area contributed by atoms with Gasteiger partial charge in [-0.3, -0.25) is 14.4 Å². The van der Waals surface area contributed by atoms with Crippen molar-refractivity contribution in [1.29, 1.82) is 0 Å². The Hall–Kier alpha value is -4.60. The lowest BCUT2D eigenvalue weighted by Gasteiger charge is -2.21. The van der Waals surface area contributed by atoms with Crippen LogP contribution in [0.5, 0.6) is 0 Å². The molecule has 1 unspecified atom stereocenters. The zero-order chi connectivity index (χ0) is 33.1. The molecule has 2 amide bonds. The predicted molar refractivity (Wildman–Crippen MR) is 169 cm³/mol. The second-order valence-electron chi connectivity index (χ2n) is 12.0. The van der Waals surface area contributed by atoms with E-state index in [1.165, 1.54) is 12.4 Å². The molecule has 0 spiro atoms. The number of nitrogens with zero attached hydrogens (tertiary/aromatic N) is 2. The Kier molecular flexibility index (Phi) is 12.7. The minimum Gasteiger partial charge on any atom is -0.478 e. The van der Waals surface area contributed by atoms with Crippen LogP contribution in [0, 0.1) is 0 Å². The standard InChI is InChI=1S/C32H38N4O6.C2H6/c1-31(2,3)24-13-11-22(12-14-24)28(38)36-25(29(39)33-16-15-26(37)42-32(4,5)6)17-20-7-9-21(10-8-20)27-34-18-23(19-35-27)30(40)41;1-2/h7-14,18-19,25H,15-17H2,1-6H3,(H,33,39)(H,36,38)(H,40,41);1-2H3. The van der Waals surface area contributed by atoms with Gasteiger partial charge in [-0.2, -0.15) is 0 Å². The second kappa shape index (κ2) is 15.7. The van der Waals surface area contributed by atoms with Crippen LogP contribution in [0.3, 0.4) is 0 Å². The lowest BCUT2D eigenvalue weighted by molar-refractivity contribution is -0.154. The number of hydrogen-bond acceptors (Lipinski definition) is 7. The molecule has 3 N–H and O–H groups in total. The van der Waals surface area contributed by atoms with E-state index in [0.717, 1.165) is 11.1 Å². The molecule has 0 aliphatic rings. The molecule has 1 atom stereocenters. The van der Waals surface area contributed by atoms with Crippen LogP contribution in [0.2, 0.25) is 0 Å². The summed E-state index contributed by atoms with van der Waals surface area (Å²) in [6.45, 7) is 15.6. The predicted octanol–water partition coefficient (Wildman–Crippen LogP) is 5.35. The maximum Gasteiger partial charge on any atom is 0.338 e. The number of aromatic carboxylic acids is 1. The van der Waals surface area contributed by atoms with Crippen molar-refractivity contribution in [2.45, 2.75) is 85.3 Å². The van der Waals surface area contributed by atoms with E-state index in [4.69, 9.17) is 9.84 Å². The molecule has 0 radical (unpaired) electrons. The van der Waals surface area contributed by atoms with E-state index in [2.05, 4.69) is 41.4 Å². The number of rotatable bonds is 10. The highest BCUT2D eigenvalue weighted by Gasteiger charge is 2.23. The van der Waals surface area contributed by atoms with Crippen molar-refractivity contribution in [1.82, 2.24) is 20.6 Å². The van der Waals surface area contributed by atoms with Crippen LogP contribution in [-0.2, 0) is 26.2 Å². The van der Waals surface area contributed by atoms with E-state index in [-0.39, 0.29) is 30.4 Å². The lowest BCUT2D eigenvalue weighted by Crippen LogP contribution is -2.48. The van der Waals surface area contributed by atoms with Gasteiger partial charge in [0.15, 0.2) is 5.82 Å². The van der Waals surface area contributed by atoms with Crippen LogP contribution in [0.15, 0.2) is 60.9 Å². The van der Waals surface area contributed by atoms with Crippen LogP contribution in [0.25, 0.3) is 11.4 Å². The summed E-state index contributed by atoms with van der Waals surface area (Å²) in [5.74, 6) is -2.02. The SMILES string of the molecule is CC.CC(C)(C)OC(=O)CCNC(=O)C(Cc1ccc(-c2ncc(C(=O)O)cn2)cc1)NC(=O)c1ccc(C(C)(C)C)cc1. The summed E-state index contributed by atoms with van der Waals surface area (Å²) in [5, 5.41) is 14.6. The third kappa shape index (κ3) is 11.2. The van der Waals surface area contributed by atoms with Gasteiger partial charge in [0.05, 0.1) is 12.0 Å². The Bertz CT molecular complexity index is 1400. The number of hydrogen-bond donors (Lipinski definition) is 3. The maximum atomic E-state index is 13.2. The van der Waals surface area contributed by atoms with Gasteiger partial charge in [0.2, 0.25) is 5.91 Å². The Labute approximate surface area is 259 Å². The largest absolute Gasteiger partial charge is 0.478 e. The fourth-order valence-corrected chi connectivity index (χ4v) is 3.99. The number of esters is 1. The smallest absolute Gasteiger partial charge is 0.338 e. The molecule has 10 nitrogen and oxygen atoms in total. The Morgan fingerprint density at radius 1 is 0.841 bits per heavy atom. The van der Waals surface area contributed by atoms with E-state index in [1.54, 1.807) is 57.2 Å². The number of carbonyl (C=O) groups excluding carboxylic acids is 3. The summed E-state index contributed by atoms with van der Waals surface area (Å²) < 4.78 is 5.30. The van der Waals surface area contributed by atoms with Gasteiger partial charge in [-0.15, -0.1) is 0 Å². The zero-order valence-corrected chi connectivity index (χ0v) is 26.9. The quantitative estimate of drug-likeness (QED) is 0.262. The molecule has 1 heterocycles. The summed E-state index contributed by atoms with van der Waals surface area (Å²) in [6, 6.07) is 13.4. The normalized spacial score (nSPS) is 11.8. The lowest BCUT2D eigenvalue weighted by atomic mass is 9.86. The van der Waals surface area contributed by atoms with Gasteiger partial charge < -0.3 is 20.5 Å². The van der Waals surface area contributed by atoms with Crippen LogP contribution >= 0.6 is 0 Å². The summed E-state index contributed by atoms with van der Waals surface area (Å²) >= 11 is 0. The highest BCUT2D eigenvalue weighted by Crippen LogP contribution is 2.22. The molecule has 3 rings (SSSR count). The Balaban J connectivity index is 0.00000330. The summed E-state index contributed by atoms with van der Waals surface area (Å²) in [4.78, 5) is 57.7. The Morgan fingerprint density at radius 3 is 1.91 bits per heavy atom. The minimum atomic E-state index is -1.11. The molecule has 1 aromatic heterocycles. The van der Waals surface area contributed by atoms with E-state index in [0.29, 0.717) is 17.0 Å². The van der Waals surface area contributed by atoms with Crippen LogP contribution in [0.1, 0.15) is 93.7 Å². The zero-order valence-electron chi connectivity index (χ0n) is 26.9. The van der Waals surface area contributed by atoms with Crippen LogP contribution in [0.4, 0.5) is 0 Å². The number of amides is 2. The number of nitrogens with one attached hydrogen (secondary N) is 2. The molecular formula is C34H44N4O6. The molecule has 3 aromatic rings. The fourth-order valence-electron chi connectivity index (χ4n) is 3.99. The highest BCUT2D eigenvalue weighted by molar-refractivity contribution is 5.97. The molecule has 0 bridgehead atoms. The average molecular weight is 605 g/mol. The van der Waals surface area contributed by atoms with Crippen LogP contribution < -0.4 is 10.6 Å². The highest BCUT2D eigenvalue weighted by atomic mass is 16.6. The van der Waals surface area contributed by atoms with Crippen molar-refractivity contribution in [3.63, 3.8) is 0 Å². The van der Waals surface area contributed by atoms with Gasteiger partial charge in [-0.1, -0.05) is 71.0 Å². The van der Waals surface area contributed by atoms with E-state index >= 15 is 0 Å². The second-order valence-corrected chi connectivity index (χ2v) is 12.0. The minimum absolute atomic E-state index is 0.00664. The maximum absolute atomic E-state index is 13.2. The van der Waals surface area contributed by atoms with Crippen molar-refractivity contribution >= 4 is 23.8 Å². The first-order valence-corrected chi connectivity index (χ1v) is 14.7. The first-order chi connectivity index (χ1) is 20.6. The van der Waals surface area contributed by atoms with Crippen molar-refractivity contribution in [3.05, 3.63) is 83.2 Å². The number of carboxylic acid groups (broad SMARTS) is 1. The van der Waals surface area contributed by atoms with Gasteiger partial charge in [-0.05, 0) is 49.4 Å². The Morgan fingerprint density at radius 2 is 1.41 bits per heavy atom. The number of carbonyl (C=O) groups is 4. The summed E-state index contributed by atoms with van der Waals surface area (Å²) in [7, 11) is 0. The van der Waals surface area contributed by atoms with Crippen LogP contribution in [-0.4, -0.2) is 57.0 Å². The van der Waals surface area contributed by atoms with Crippen molar-refractivity contribution in [2.24, 2.45) is 0 Å². The van der Waals surface area contributed by atoms with Crippen molar-refractivity contribution < 1.29 is 29.0 Å². The number of carboxylic acids is 1. The van der Waals surface area contributed by atoms with Gasteiger partial charge in [0.1, 0.15) is 11.6 Å². The van der Waals surface area contributed by atoms with Crippen molar-refractivity contribution in [3.8, 4) is 11.4 Å². The number of aromatic nitrogens is 2. The first-order valence-electron chi connectivity index (χ1n) is 14.7. The molecule has 0 saturated carbocycles. The molecule has 0 aliphatic carbocycles. The van der Waals surface area contributed by atoms with Crippen molar-refractivity contribution in [2.75, 3.05) is 6.54 Å². The summed E-state index contributed by atoms with van der Waals surface area (Å²) in [6.07, 6.45) is 2.65. The summed E-state index contributed by atoms with van der Waals surface area (Å²) in [5.41, 5.74) is 2.22. The fraction of sp³-hybridized carbons (Fsp3) is 0.412. The monoisotopic (exact) mass is 604 g/mol. The molecule has 44 heavy (non-hydrogen) atoms. The molecule has 0 aliphatic heterocycles. The molecule has 236 valence electrons. The third-order valence-corrected chi connectivity index (χ3v) is 6.23. The van der Waals surface area contributed by atoms with Gasteiger partial charge in [-0.25, -0.2) is 14.8 Å².